The predicted molar refractivity (Wildman–Crippen MR) is 99.9 cm³/mol. The summed E-state index contributed by atoms with van der Waals surface area (Å²) < 4.78 is 17.9. The molecule has 138 valence electrons. The molecule has 7 heteroatoms. The highest BCUT2D eigenvalue weighted by molar-refractivity contribution is 8.00. The van der Waals surface area contributed by atoms with E-state index in [2.05, 4.69) is 22.3 Å². The molecule has 0 N–H and O–H groups in total. The fraction of sp³-hybridized carbons (Fsp3) is 0.250. The van der Waals surface area contributed by atoms with Crippen LogP contribution in [0.5, 0.6) is 0 Å². The average molecular weight is 383 g/mol. The summed E-state index contributed by atoms with van der Waals surface area (Å²) in [6.45, 7) is 1.17. The Hall–Kier alpha value is -2.67. The van der Waals surface area contributed by atoms with E-state index in [4.69, 9.17) is 4.52 Å². The van der Waals surface area contributed by atoms with Crippen molar-refractivity contribution in [2.75, 3.05) is 18.8 Å². The van der Waals surface area contributed by atoms with Crippen LogP contribution in [0, 0.1) is 5.82 Å². The predicted octanol–water partition coefficient (Wildman–Crippen LogP) is 3.71. The maximum atomic E-state index is 13.0. The first-order valence-corrected chi connectivity index (χ1v) is 9.66. The number of hydrogen-bond acceptors (Lipinski definition) is 5. The van der Waals surface area contributed by atoms with Crippen molar-refractivity contribution < 1.29 is 13.7 Å². The Labute approximate surface area is 160 Å². The van der Waals surface area contributed by atoms with E-state index in [0.717, 1.165) is 10.5 Å². The standard InChI is InChI=1S/C20H18FN3O2S/c21-15-6-8-16(9-7-15)27-12-19(25)24-10-17(14-4-2-1-3-5-14)18(11-24)20-22-13-26-23-20/h1-9,13,17-18H,10-12H2. The minimum absolute atomic E-state index is 0.00548. The number of carbonyl (C=O) groups excluding carboxylic acids is 1. The van der Waals surface area contributed by atoms with Crippen molar-refractivity contribution in [3.63, 3.8) is 0 Å². The molecule has 5 nitrogen and oxygen atoms in total. The van der Waals surface area contributed by atoms with E-state index in [1.807, 2.05) is 23.1 Å². The Kier molecular flexibility index (Phi) is 5.20. The van der Waals surface area contributed by atoms with Crippen LogP contribution in [0.25, 0.3) is 0 Å². The largest absolute Gasteiger partial charge is 0.343 e. The summed E-state index contributed by atoms with van der Waals surface area (Å²) >= 11 is 1.41. The van der Waals surface area contributed by atoms with Gasteiger partial charge in [-0.1, -0.05) is 35.5 Å². The Balaban J connectivity index is 1.47. The van der Waals surface area contributed by atoms with Gasteiger partial charge in [-0.2, -0.15) is 4.98 Å². The summed E-state index contributed by atoms with van der Waals surface area (Å²) in [6.07, 6.45) is 1.33. The van der Waals surface area contributed by atoms with Gasteiger partial charge >= 0.3 is 0 Å². The first-order chi connectivity index (χ1) is 13.2. The van der Waals surface area contributed by atoms with Crippen LogP contribution in [-0.4, -0.2) is 39.8 Å². The van der Waals surface area contributed by atoms with Gasteiger partial charge in [-0.05, 0) is 29.8 Å². The number of amides is 1. The molecule has 0 aliphatic carbocycles. The van der Waals surface area contributed by atoms with E-state index in [1.54, 1.807) is 12.1 Å². The van der Waals surface area contributed by atoms with E-state index >= 15 is 0 Å². The van der Waals surface area contributed by atoms with Crippen molar-refractivity contribution in [1.29, 1.82) is 0 Å². The molecule has 0 saturated carbocycles. The Morgan fingerprint density at radius 3 is 2.56 bits per heavy atom. The monoisotopic (exact) mass is 383 g/mol. The third-order valence-corrected chi connectivity index (χ3v) is 5.78. The van der Waals surface area contributed by atoms with Gasteiger partial charge < -0.3 is 9.42 Å². The molecule has 1 aliphatic rings. The number of halogens is 1. The molecule has 2 heterocycles. The number of aromatic nitrogens is 2. The van der Waals surface area contributed by atoms with E-state index in [-0.39, 0.29) is 23.6 Å². The molecule has 1 aliphatic heterocycles. The van der Waals surface area contributed by atoms with Gasteiger partial charge in [-0.3, -0.25) is 4.79 Å². The highest BCUT2D eigenvalue weighted by Crippen LogP contribution is 2.38. The maximum Gasteiger partial charge on any atom is 0.232 e. The van der Waals surface area contributed by atoms with Crippen molar-refractivity contribution in [2.24, 2.45) is 0 Å². The van der Waals surface area contributed by atoms with Gasteiger partial charge in [-0.25, -0.2) is 4.39 Å². The zero-order valence-electron chi connectivity index (χ0n) is 14.5. The zero-order chi connectivity index (χ0) is 18.6. The number of rotatable bonds is 5. The van der Waals surface area contributed by atoms with Crippen LogP contribution in [0.3, 0.4) is 0 Å². The Bertz CT molecular complexity index is 887. The molecule has 2 aromatic carbocycles. The lowest BCUT2D eigenvalue weighted by molar-refractivity contribution is -0.127. The molecular weight excluding hydrogens is 365 g/mol. The molecule has 2 unspecified atom stereocenters. The molecule has 0 bridgehead atoms. The molecule has 27 heavy (non-hydrogen) atoms. The van der Waals surface area contributed by atoms with Gasteiger partial charge in [0, 0.05) is 29.8 Å². The molecule has 1 fully saturated rings. The second-order valence-corrected chi connectivity index (χ2v) is 7.50. The quantitative estimate of drug-likeness (QED) is 0.629. The Morgan fingerprint density at radius 1 is 1.11 bits per heavy atom. The fourth-order valence-electron chi connectivity index (χ4n) is 3.42. The summed E-state index contributed by atoms with van der Waals surface area (Å²) in [6, 6.07) is 16.3. The zero-order valence-corrected chi connectivity index (χ0v) is 15.3. The van der Waals surface area contributed by atoms with Gasteiger partial charge in [0.1, 0.15) is 5.82 Å². The summed E-state index contributed by atoms with van der Waals surface area (Å²) in [4.78, 5) is 19.7. The van der Waals surface area contributed by atoms with Crippen LogP contribution >= 0.6 is 11.8 Å². The maximum absolute atomic E-state index is 13.0. The lowest BCUT2D eigenvalue weighted by atomic mass is 9.88. The second-order valence-electron chi connectivity index (χ2n) is 6.45. The third-order valence-electron chi connectivity index (χ3n) is 4.79. The highest BCUT2D eigenvalue weighted by atomic mass is 32.2. The number of thioether (sulfide) groups is 1. The molecule has 0 spiro atoms. The number of hydrogen-bond donors (Lipinski definition) is 0. The number of carbonyl (C=O) groups is 1. The summed E-state index contributed by atoms with van der Waals surface area (Å²) in [5.74, 6) is 0.849. The van der Waals surface area contributed by atoms with Crippen LogP contribution in [0.15, 0.2) is 70.4 Å². The van der Waals surface area contributed by atoms with E-state index in [1.165, 1.54) is 30.3 Å². The third kappa shape index (κ3) is 4.03. The van der Waals surface area contributed by atoms with Crippen molar-refractivity contribution >= 4 is 17.7 Å². The molecule has 2 atom stereocenters. The number of benzene rings is 2. The van der Waals surface area contributed by atoms with Crippen molar-refractivity contribution in [2.45, 2.75) is 16.7 Å². The molecule has 1 amide bonds. The van der Waals surface area contributed by atoms with Crippen LogP contribution in [0.1, 0.15) is 23.2 Å². The summed E-state index contributed by atoms with van der Waals surface area (Å²) in [5.41, 5.74) is 1.16. The molecule has 1 saturated heterocycles. The van der Waals surface area contributed by atoms with Crippen molar-refractivity contribution in [3.8, 4) is 0 Å². The number of nitrogens with zero attached hydrogens (tertiary/aromatic N) is 3. The molecule has 0 radical (unpaired) electrons. The van der Waals surface area contributed by atoms with Gasteiger partial charge in [0.15, 0.2) is 5.82 Å². The minimum Gasteiger partial charge on any atom is -0.343 e. The SMILES string of the molecule is O=C(CSc1ccc(F)cc1)N1CC(c2ccccc2)C(c2ncon2)C1. The van der Waals surface area contributed by atoms with E-state index in [0.29, 0.717) is 24.7 Å². The average Bonchev–Trinajstić information content (AvgIpc) is 3.37. The van der Waals surface area contributed by atoms with Crippen molar-refractivity contribution in [1.82, 2.24) is 15.0 Å². The second kappa shape index (κ2) is 7.92. The summed E-state index contributed by atoms with van der Waals surface area (Å²) in [7, 11) is 0. The van der Waals surface area contributed by atoms with Crippen LogP contribution in [0.2, 0.25) is 0 Å². The molecule has 4 rings (SSSR count). The topological polar surface area (TPSA) is 59.2 Å². The van der Waals surface area contributed by atoms with Crippen molar-refractivity contribution in [3.05, 3.63) is 78.2 Å². The normalized spacial score (nSPS) is 19.4. The first kappa shape index (κ1) is 17.7. The molecule has 1 aromatic heterocycles. The lowest BCUT2D eigenvalue weighted by Crippen LogP contribution is -2.30. The van der Waals surface area contributed by atoms with Gasteiger partial charge in [0.05, 0.1) is 5.75 Å². The summed E-state index contributed by atoms with van der Waals surface area (Å²) in [5, 5.41) is 4.00. The van der Waals surface area contributed by atoms with E-state index < -0.39 is 0 Å². The fourth-order valence-corrected chi connectivity index (χ4v) is 4.22. The molecule has 3 aromatic rings. The van der Waals surface area contributed by atoms with Crippen LogP contribution in [0.4, 0.5) is 4.39 Å². The van der Waals surface area contributed by atoms with Gasteiger partial charge in [0.2, 0.25) is 12.3 Å². The van der Waals surface area contributed by atoms with Crippen LogP contribution in [-0.2, 0) is 4.79 Å². The van der Waals surface area contributed by atoms with E-state index in [9.17, 15) is 9.18 Å². The highest BCUT2D eigenvalue weighted by Gasteiger charge is 2.39. The Morgan fingerprint density at radius 2 is 1.85 bits per heavy atom. The van der Waals surface area contributed by atoms with Gasteiger partial charge in [0.25, 0.3) is 0 Å². The smallest absolute Gasteiger partial charge is 0.232 e. The van der Waals surface area contributed by atoms with Gasteiger partial charge in [-0.15, -0.1) is 11.8 Å². The lowest BCUT2D eigenvalue weighted by Gasteiger charge is -2.16. The molecular formula is C20H18FN3O2S. The first-order valence-electron chi connectivity index (χ1n) is 8.68. The van der Waals surface area contributed by atoms with Crippen LogP contribution < -0.4 is 0 Å². The number of likely N-dealkylation sites (tertiary alicyclic amines) is 1. The minimum atomic E-state index is -0.279.